The molecule has 4 nitrogen and oxygen atoms in total. The molecule has 0 amide bonds. The molecule has 3 fully saturated rings. The van der Waals surface area contributed by atoms with Crippen LogP contribution < -0.4 is 0 Å². The van der Waals surface area contributed by atoms with Gasteiger partial charge in [0.1, 0.15) is 0 Å². The highest BCUT2D eigenvalue weighted by Gasteiger charge is 2.35. The predicted octanol–water partition coefficient (Wildman–Crippen LogP) is 3.16. The van der Waals surface area contributed by atoms with Crippen molar-refractivity contribution in [3.8, 4) is 0 Å². The van der Waals surface area contributed by atoms with Crippen LogP contribution in [0.5, 0.6) is 0 Å². The van der Waals surface area contributed by atoms with Crippen molar-refractivity contribution in [2.75, 3.05) is 39.8 Å². The highest BCUT2D eigenvalue weighted by atomic mass is 16.5. The summed E-state index contributed by atoms with van der Waals surface area (Å²) in [5, 5.41) is 0. The number of hydrogen-bond acceptors (Lipinski definition) is 4. The minimum absolute atomic E-state index is 0.0189. The van der Waals surface area contributed by atoms with Crippen molar-refractivity contribution in [2.45, 2.75) is 83.2 Å². The van der Waals surface area contributed by atoms with Crippen LogP contribution in [0.1, 0.15) is 59.3 Å². The zero-order valence-electron chi connectivity index (χ0n) is 16.3. The fourth-order valence-electron chi connectivity index (χ4n) is 4.33. The zero-order chi connectivity index (χ0) is 17.2. The molecule has 0 aromatic heterocycles. The predicted molar refractivity (Wildman–Crippen MR) is 98.4 cm³/mol. The van der Waals surface area contributed by atoms with E-state index in [1.807, 2.05) is 0 Å². The number of piperidine rings is 2. The van der Waals surface area contributed by atoms with Crippen LogP contribution in [0.2, 0.25) is 0 Å². The van der Waals surface area contributed by atoms with Gasteiger partial charge in [0.05, 0.1) is 23.9 Å². The van der Waals surface area contributed by atoms with Crippen LogP contribution in [0.4, 0.5) is 0 Å². The topological polar surface area (TPSA) is 24.9 Å². The lowest BCUT2D eigenvalue weighted by atomic mass is 9.90. The molecule has 0 atom stereocenters. The van der Waals surface area contributed by atoms with Crippen LogP contribution in [-0.4, -0.2) is 73.5 Å². The van der Waals surface area contributed by atoms with E-state index in [1.54, 1.807) is 0 Å². The molecule has 140 valence electrons. The van der Waals surface area contributed by atoms with Crippen LogP contribution >= 0.6 is 0 Å². The van der Waals surface area contributed by atoms with Crippen LogP contribution in [-0.2, 0) is 9.47 Å². The SMILES string of the molecule is CN1CCC(CN2CCC(O[C@H]3C[C@H](OC(C)(C)C)C3)CC2)CC1. The molecule has 0 bridgehead atoms. The Morgan fingerprint density at radius 1 is 0.833 bits per heavy atom. The van der Waals surface area contributed by atoms with E-state index in [4.69, 9.17) is 9.47 Å². The first kappa shape index (κ1) is 18.6. The van der Waals surface area contributed by atoms with Crippen LogP contribution in [0.3, 0.4) is 0 Å². The minimum atomic E-state index is -0.0189. The van der Waals surface area contributed by atoms with Gasteiger partial charge in [-0.25, -0.2) is 0 Å². The standard InChI is InChI=1S/C20H38N2O2/c1-20(2,3)24-19-13-18(14-19)23-17-7-11-22(12-8-17)15-16-5-9-21(4)10-6-16/h16-19H,5-15H2,1-4H3/t18-,19-. The number of ether oxygens (including phenoxy) is 2. The lowest BCUT2D eigenvalue weighted by molar-refractivity contribution is -0.167. The number of rotatable bonds is 5. The summed E-state index contributed by atoms with van der Waals surface area (Å²) in [5.74, 6) is 0.917. The average Bonchev–Trinajstić information content (AvgIpc) is 2.48. The molecule has 24 heavy (non-hydrogen) atoms. The molecule has 0 aromatic rings. The van der Waals surface area contributed by atoms with Gasteiger partial charge < -0.3 is 19.3 Å². The molecule has 0 radical (unpaired) electrons. The second-order valence-electron chi connectivity index (χ2n) is 9.33. The Morgan fingerprint density at radius 3 is 2.04 bits per heavy atom. The highest BCUT2D eigenvalue weighted by Crippen LogP contribution is 2.32. The van der Waals surface area contributed by atoms with Gasteiger partial charge in [0, 0.05) is 19.6 Å². The van der Waals surface area contributed by atoms with Gasteiger partial charge in [0.25, 0.3) is 0 Å². The molecule has 0 spiro atoms. The maximum absolute atomic E-state index is 6.31. The molecule has 1 aliphatic carbocycles. The third-order valence-electron chi connectivity index (χ3n) is 5.85. The normalized spacial score (nSPS) is 32.0. The summed E-state index contributed by atoms with van der Waals surface area (Å²) >= 11 is 0. The van der Waals surface area contributed by atoms with Gasteiger partial charge in [-0.2, -0.15) is 0 Å². The van der Waals surface area contributed by atoms with Crippen molar-refractivity contribution in [3.05, 3.63) is 0 Å². The Balaban J connectivity index is 1.28. The van der Waals surface area contributed by atoms with E-state index in [2.05, 4.69) is 37.6 Å². The fraction of sp³-hybridized carbons (Fsp3) is 1.00. The van der Waals surface area contributed by atoms with Gasteiger partial charge in [0.2, 0.25) is 0 Å². The van der Waals surface area contributed by atoms with E-state index in [-0.39, 0.29) is 5.60 Å². The summed E-state index contributed by atoms with van der Waals surface area (Å²) in [7, 11) is 2.25. The van der Waals surface area contributed by atoms with Gasteiger partial charge in [0.15, 0.2) is 0 Å². The van der Waals surface area contributed by atoms with Gasteiger partial charge in [-0.1, -0.05) is 0 Å². The zero-order valence-corrected chi connectivity index (χ0v) is 16.3. The minimum Gasteiger partial charge on any atom is -0.375 e. The van der Waals surface area contributed by atoms with Crippen LogP contribution in [0.15, 0.2) is 0 Å². The van der Waals surface area contributed by atoms with E-state index >= 15 is 0 Å². The second-order valence-corrected chi connectivity index (χ2v) is 9.33. The van der Waals surface area contributed by atoms with Crippen molar-refractivity contribution in [3.63, 3.8) is 0 Å². The Kier molecular flexibility index (Phi) is 6.23. The number of hydrogen-bond donors (Lipinski definition) is 0. The fourth-order valence-corrected chi connectivity index (χ4v) is 4.33. The Hall–Kier alpha value is -0.160. The van der Waals surface area contributed by atoms with Crippen molar-refractivity contribution in [1.82, 2.24) is 9.80 Å². The van der Waals surface area contributed by atoms with E-state index < -0.39 is 0 Å². The summed E-state index contributed by atoms with van der Waals surface area (Å²) in [4.78, 5) is 5.15. The van der Waals surface area contributed by atoms with Crippen molar-refractivity contribution >= 4 is 0 Å². The van der Waals surface area contributed by atoms with Crippen molar-refractivity contribution < 1.29 is 9.47 Å². The summed E-state index contributed by atoms with van der Waals surface area (Å²) in [6, 6.07) is 0. The maximum Gasteiger partial charge on any atom is 0.0631 e. The molecule has 4 heteroatoms. The molecule has 1 saturated carbocycles. The van der Waals surface area contributed by atoms with E-state index in [1.165, 1.54) is 58.4 Å². The molecule has 2 saturated heterocycles. The van der Waals surface area contributed by atoms with E-state index in [0.717, 1.165) is 18.8 Å². The molecular formula is C20H38N2O2. The van der Waals surface area contributed by atoms with Gasteiger partial charge in [-0.3, -0.25) is 0 Å². The van der Waals surface area contributed by atoms with Crippen molar-refractivity contribution in [2.24, 2.45) is 5.92 Å². The first-order valence-electron chi connectivity index (χ1n) is 10.1. The van der Waals surface area contributed by atoms with E-state index in [0.29, 0.717) is 18.3 Å². The summed E-state index contributed by atoms with van der Waals surface area (Å²) in [5.41, 5.74) is -0.0189. The highest BCUT2D eigenvalue weighted by molar-refractivity contribution is 4.85. The van der Waals surface area contributed by atoms with Gasteiger partial charge in [-0.05, 0) is 85.4 Å². The van der Waals surface area contributed by atoms with Crippen LogP contribution in [0.25, 0.3) is 0 Å². The quantitative estimate of drug-likeness (QED) is 0.769. The molecule has 3 aliphatic rings. The lowest BCUT2D eigenvalue weighted by Gasteiger charge is -2.42. The number of likely N-dealkylation sites (tertiary alicyclic amines) is 2. The van der Waals surface area contributed by atoms with Gasteiger partial charge in [-0.15, -0.1) is 0 Å². The molecule has 0 N–H and O–H groups in total. The van der Waals surface area contributed by atoms with Crippen LogP contribution in [0, 0.1) is 5.92 Å². The third-order valence-corrected chi connectivity index (χ3v) is 5.85. The largest absolute Gasteiger partial charge is 0.375 e. The Morgan fingerprint density at radius 2 is 1.46 bits per heavy atom. The molecule has 2 heterocycles. The maximum atomic E-state index is 6.31. The smallest absolute Gasteiger partial charge is 0.0631 e. The summed E-state index contributed by atoms with van der Waals surface area (Å²) < 4.78 is 12.3. The Labute approximate surface area is 148 Å². The molecule has 0 unspecified atom stereocenters. The summed E-state index contributed by atoms with van der Waals surface area (Å²) in [6.45, 7) is 12.7. The lowest BCUT2D eigenvalue weighted by Crippen LogP contribution is -2.46. The monoisotopic (exact) mass is 338 g/mol. The molecular weight excluding hydrogens is 300 g/mol. The van der Waals surface area contributed by atoms with E-state index in [9.17, 15) is 0 Å². The average molecular weight is 339 g/mol. The third kappa shape index (κ3) is 5.69. The van der Waals surface area contributed by atoms with Gasteiger partial charge >= 0.3 is 0 Å². The molecule has 0 aromatic carbocycles. The van der Waals surface area contributed by atoms with Crippen molar-refractivity contribution in [1.29, 1.82) is 0 Å². The second kappa shape index (κ2) is 8.03. The first-order valence-corrected chi connectivity index (χ1v) is 10.1. The summed E-state index contributed by atoms with van der Waals surface area (Å²) in [6.07, 6.45) is 8.72. The first-order chi connectivity index (χ1) is 11.4. The molecule has 2 aliphatic heterocycles. The molecule has 3 rings (SSSR count). The Bertz CT molecular complexity index is 374. The number of nitrogens with zero attached hydrogens (tertiary/aromatic N) is 2.